The fourth-order valence-electron chi connectivity index (χ4n) is 1.69. The smallest absolute Gasteiger partial charge is 0.213 e. The fourth-order valence-corrected chi connectivity index (χ4v) is 1.69. The van der Waals surface area contributed by atoms with E-state index in [1.165, 1.54) is 0 Å². The summed E-state index contributed by atoms with van der Waals surface area (Å²) in [5, 5.41) is 9.25. The van der Waals surface area contributed by atoms with Gasteiger partial charge in [0, 0.05) is 12.2 Å². The van der Waals surface area contributed by atoms with Gasteiger partial charge in [-0.1, -0.05) is 0 Å². The Bertz CT molecular complexity index is 476. The standard InChI is InChI=1S/C13H16N2O2/c1-3-15(9-13-14-8-10(2)17-13)11-4-6-12(16)7-5-11/h4-8,16H,3,9H2,1-2H3. The van der Waals surface area contributed by atoms with Crippen LogP contribution in [-0.4, -0.2) is 16.6 Å². The fraction of sp³-hybridized carbons (Fsp3) is 0.308. The number of aromatic nitrogens is 1. The zero-order valence-electron chi connectivity index (χ0n) is 10.1. The number of phenols is 1. The molecule has 2 aromatic rings. The SMILES string of the molecule is CCN(Cc1ncc(C)o1)c1ccc(O)cc1. The molecular weight excluding hydrogens is 216 g/mol. The number of oxazole rings is 1. The Hall–Kier alpha value is -1.97. The minimum absolute atomic E-state index is 0.275. The molecule has 0 saturated heterocycles. The van der Waals surface area contributed by atoms with Gasteiger partial charge in [0.2, 0.25) is 5.89 Å². The van der Waals surface area contributed by atoms with Gasteiger partial charge in [-0.3, -0.25) is 0 Å². The lowest BCUT2D eigenvalue weighted by Crippen LogP contribution is -2.21. The van der Waals surface area contributed by atoms with Gasteiger partial charge in [-0.15, -0.1) is 0 Å². The quantitative estimate of drug-likeness (QED) is 0.880. The van der Waals surface area contributed by atoms with Crippen molar-refractivity contribution in [2.75, 3.05) is 11.4 Å². The average molecular weight is 232 g/mol. The van der Waals surface area contributed by atoms with Gasteiger partial charge in [0.15, 0.2) is 0 Å². The molecule has 4 nitrogen and oxygen atoms in total. The van der Waals surface area contributed by atoms with E-state index in [0.29, 0.717) is 12.4 Å². The average Bonchev–Trinajstić information content (AvgIpc) is 2.73. The van der Waals surface area contributed by atoms with Crippen LogP contribution in [0.2, 0.25) is 0 Å². The Kier molecular flexibility index (Phi) is 3.32. The van der Waals surface area contributed by atoms with Crippen LogP contribution in [-0.2, 0) is 6.54 Å². The molecule has 1 aromatic heterocycles. The highest BCUT2D eigenvalue weighted by atomic mass is 16.4. The second kappa shape index (κ2) is 4.91. The third-order valence-electron chi connectivity index (χ3n) is 2.59. The van der Waals surface area contributed by atoms with Crippen molar-refractivity contribution in [3.8, 4) is 5.75 Å². The molecule has 90 valence electrons. The summed E-state index contributed by atoms with van der Waals surface area (Å²) in [6.07, 6.45) is 1.72. The molecule has 0 saturated carbocycles. The number of anilines is 1. The van der Waals surface area contributed by atoms with Crippen LogP contribution in [0, 0.1) is 6.92 Å². The lowest BCUT2D eigenvalue weighted by molar-refractivity contribution is 0.466. The van der Waals surface area contributed by atoms with Gasteiger partial charge in [0.1, 0.15) is 11.5 Å². The van der Waals surface area contributed by atoms with Gasteiger partial charge in [-0.05, 0) is 38.1 Å². The van der Waals surface area contributed by atoms with E-state index >= 15 is 0 Å². The summed E-state index contributed by atoms with van der Waals surface area (Å²) in [5.74, 6) is 1.80. The Morgan fingerprint density at radius 1 is 1.29 bits per heavy atom. The summed E-state index contributed by atoms with van der Waals surface area (Å²) in [4.78, 5) is 6.32. The molecule has 2 rings (SSSR count). The predicted molar refractivity (Wildman–Crippen MR) is 66.1 cm³/mol. The Labute approximate surface area is 101 Å². The van der Waals surface area contributed by atoms with Gasteiger partial charge in [-0.2, -0.15) is 0 Å². The van der Waals surface area contributed by atoms with Crippen LogP contribution < -0.4 is 4.90 Å². The zero-order valence-corrected chi connectivity index (χ0v) is 10.1. The molecule has 0 unspecified atom stereocenters. The van der Waals surface area contributed by atoms with Crippen molar-refractivity contribution < 1.29 is 9.52 Å². The van der Waals surface area contributed by atoms with E-state index in [1.807, 2.05) is 19.1 Å². The van der Waals surface area contributed by atoms with Crippen molar-refractivity contribution in [1.82, 2.24) is 4.98 Å². The first-order valence-corrected chi connectivity index (χ1v) is 5.64. The molecule has 0 aliphatic rings. The van der Waals surface area contributed by atoms with E-state index in [2.05, 4.69) is 16.8 Å². The summed E-state index contributed by atoms with van der Waals surface area (Å²) < 4.78 is 5.46. The lowest BCUT2D eigenvalue weighted by atomic mass is 10.2. The van der Waals surface area contributed by atoms with E-state index in [9.17, 15) is 5.11 Å². The van der Waals surface area contributed by atoms with Crippen molar-refractivity contribution in [1.29, 1.82) is 0 Å². The summed E-state index contributed by atoms with van der Waals surface area (Å²) in [6, 6.07) is 7.13. The molecule has 0 bridgehead atoms. The summed E-state index contributed by atoms with van der Waals surface area (Å²) >= 11 is 0. The topological polar surface area (TPSA) is 49.5 Å². The first kappa shape index (κ1) is 11.5. The number of aromatic hydroxyl groups is 1. The number of hydrogen-bond acceptors (Lipinski definition) is 4. The van der Waals surface area contributed by atoms with E-state index in [1.54, 1.807) is 18.3 Å². The van der Waals surface area contributed by atoms with Crippen molar-refractivity contribution in [3.63, 3.8) is 0 Å². The highest BCUT2D eigenvalue weighted by Crippen LogP contribution is 2.20. The monoisotopic (exact) mass is 232 g/mol. The van der Waals surface area contributed by atoms with E-state index in [4.69, 9.17) is 4.42 Å². The zero-order chi connectivity index (χ0) is 12.3. The highest BCUT2D eigenvalue weighted by Gasteiger charge is 2.08. The van der Waals surface area contributed by atoms with E-state index in [0.717, 1.165) is 18.0 Å². The normalized spacial score (nSPS) is 10.5. The minimum atomic E-state index is 0.275. The molecule has 1 aromatic carbocycles. The molecule has 0 spiro atoms. The van der Waals surface area contributed by atoms with Crippen molar-refractivity contribution in [2.45, 2.75) is 20.4 Å². The van der Waals surface area contributed by atoms with Crippen LogP contribution in [0.15, 0.2) is 34.9 Å². The van der Waals surface area contributed by atoms with E-state index < -0.39 is 0 Å². The Balaban J connectivity index is 2.13. The molecular formula is C13H16N2O2. The number of benzene rings is 1. The highest BCUT2D eigenvalue weighted by molar-refractivity contribution is 5.48. The molecule has 0 aliphatic carbocycles. The first-order chi connectivity index (χ1) is 8.19. The third kappa shape index (κ3) is 2.78. The number of aryl methyl sites for hydroxylation is 1. The molecule has 1 heterocycles. The molecule has 0 fully saturated rings. The molecule has 0 aliphatic heterocycles. The number of hydrogen-bond donors (Lipinski definition) is 1. The summed E-state index contributed by atoms with van der Waals surface area (Å²) in [5.41, 5.74) is 1.04. The van der Waals surface area contributed by atoms with Crippen LogP contribution in [0.25, 0.3) is 0 Å². The van der Waals surface area contributed by atoms with Gasteiger partial charge in [-0.25, -0.2) is 4.98 Å². The molecule has 4 heteroatoms. The first-order valence-electron chi connectivity index (χ1n) is 5.64. The number of phenolic OH excluding ortho intramolecular Hbond substituents is 1. The van der Waals surface area contributed by atoms with Crippen LogP contribution in [0.3, 0.4) is 0 Å². The molecule has 0 atom stereocenters. The van der Waals surface area contributed by atoms with Crippen molar-refractivity contribution in [3.05, 3.63) is 42.1 Å². The maximum absolute atomic E-state index is 9.25. The van der Waals surface area contributed by atoms with Crippen LogP contribution in [0.5, 0.6) is 5.75 Å². The summed E-state index contributed by atoms with van der Waals surface area (Å²) in [6.45, 7) is 5.44. The van der Waals surface area contributed by atoms with Crippen molar-refractivity contribution in [2.24, 2.45) is 0 Å². The molecule has 0 radical (unpaired) electrons. The molecule has 0 amide bonds. The van der Waals surface area contributed by atoms with Gasteiger partial charge >= 0.3 is 0 Å². The minimum Gasteiger partial charge on any atom is -0.508 e. The number of nitrogens with zero attached hydrogens (tertiary/aromatic N) is 2. The second-order valence-electron chi connectivity index (χ2n) is 3.90. The van der Waals surface area contributed by atoms with Gasteiger partial charge in [0.05, 0.1) is 12.7 Å². The molecule has 17 heavy (non-hydrogen) atoms. The van der Waals surface area contributed by atoms with Crippen LogP contribution >= 0.6 is 0 Å². The maximum Gasteiger partial charge on any atom is 0.213 e. The van der Waals surface area contributed by atoms with Gasteiger partial charge in [0.25, 0.3) is 0 Å². The third-order valence-corrected chi connectivity index (χ3v) is 2.59. The maximum atomic E-state index is 9.25. The van der Waals surface area contributed by atoms with Gasteiger partial charge < -0.3 is 14.4 Å². The van der Waals surface area contributed by atoms with Crippen LogP contribution in [0.1, 0.15) is 18.6 Å². The molecule has 1 N–H and O–H groups in total. The van der Waals surface area contributed by atoms with Crippen LogP contribution in [0.4, 0.5) is 5.69 Å². The lowest BCUT2D eigenvalue weighted by Gasteiger charge is -2.21. The Morgan fingerprint density at radius 2 is 2.00 bits per heavy atom. The summed E-state index contributed by atoms with van der Waals surface area (Å²) in [7, 11) is 0. The second-order valence-corrected chi connectivity index (χ2v) is 3.90. The van der Waals surface area contributed by atoms with Crippen molar-refractivity contribution >= 4 is 5.69 Å². The largest absolute Gasteiger partial charge is 0.508 e. The number of rotatable bonds is 4. The predicted octanol–water partition coefficient (Wildman–Crippen LogP) is 2.72. The van der Waals surface area contributed by atoms with E-state index in [-0.39, 0.29) is 5.75 Å². The Morgan fingerprint density at radius 3 is 2.53 bits per heavy atom.